The minimum Gasteiger partial charge on any atom is -0.495 e. The zero-order valence-electron chi connectivity index (χ0n) is 39.5. The molecule has 5 aromatic rings. The molecule has 69 heavy (non-hydrogen) atoms. The SMILES string of the molecule is COc1cc(N2C(=O)C(C)(C)N(c3ccc(OCCOc4ccc(OCC(=O)NC(C(=O)N5CCC[C@H]5C(=O)NCc5ccc(-c6scnc6C)cc5)C(C)(C)C)cc4)c(F)c3)C2=S)ccc1C#N. The van der Waals surface area contributed by atoms with Crippen LogP contribution in [0.2, 0.25) is 0 Å². The summed E-state index contributed by atoms with van der Waals surface area (Å²) >= 11 is 7.31. The fraction of sp³-hybridized carbons (Fsp3) is 0.353. The molecule has 4 amide bonds. The number of carbonyl (C=O) groups excluding carboxylic acids is 4. The lowest BCUT2D eigenvalue weighted by molar-refractivity contribution is -0.144. The second-order valence-electron chi connectivity index (χ2n) is 18.1. The average Bonchev–Trinajstić information content (AvgIpc) is 4.04. The predicted octanol–water partition coefficient (Wildman–Crippen LogP) is 7.73. The fourth-order valence-electron chi connectivity index (χ4n) is 8.19. The second kappa shape index (κ2) is 21.0. The third-order valence-electron chi connectivity index (χ3n) is 11.9. The summed E-state index contributed by atoms with van der Waals surface area (Å²) in [6.45, 7) is 11.4. The minimum absolute atomic E-state index is 0.00870. The third-order valence-corrected chi connectivity index (χ3v) is 13.2. The number of nitrogens with zero attached hydrogens (tertiary/aromatic N) is 5. The van der Waals surface area contributed by atoms with Crippen LogP contribution < -0.4 is 39.4 Å². The number of ether oxygens (including phenoxy) is 4. The van der Waals surface area contributed by atoms with Crippen molar-refractivity contribution in [1.29, 1.82) is 5.26 Å². The summed E-state index contributed by atoms with van der Waals surface area (Å²) in [4.78, 5) is 64.2. The van der Waals surface area contributed by atoms with Crippen LogP contribution in [-0.2, 0) is 25.7 Å². The Balaban J connectivity index is 0.861. The number of thiazole rings is 1. The van der Waals surface area contributed by atoms with Gasteiger partial charge in [0.25, 0.3) is 11.8 Å². The summed E-state index contributed by atoms with van der Waals surface area (Å²) < 4.78 is 38.0. The summed E-state index contributed by atoms with van der Waals surface area (Å²) in [5.74, 6) is -0.933. The molecule has 1 unspecified atom stereocenters. The summed E-state index contributed by atoms with van der Waals surface area (Å²) in [5.41, 5.74) is 4.02. The van der Waals surface area contributed by atoms with Crippen molar-refractivity contribution in [1.82, 2.24) is 20.5 Å². The maximum Gasteiger partial charge on any atom is 0.259 e. The van der Waals surface area contributed by atoms with E-state index in [0.29, 0.717) is 54.4 Å². The summed E-state index contributed by atoms with van der Waals surface area (Å²) in [7, 11) is 1.43. The van der Waals surface area contributed by atoms with Crippen molar-refractivity contribution in [2.24, 2.45) is 5.41 Å². The smallest absolute Gasteiger partial charge is 0.259 e. The van der Waals surface area contributed by atoms with Gasteiger partial charge in [-0.1, -0.05) is 45.0 Å². The Kier molecular flexibility index (Phi) is 15.2. The molecule has 1 aromatic heterocycles. The molecule has 0 aliphatic carbocycles. The summed E-state index contributed by atoms with van der Waals surface area (Å²) in [6.07, 6.45) is 1.19. The van der Waals surface area contributed by atoms with Crippen LogP contribution in [-0.4, -0.2) is 89.7 Å². The van der Waals surface area contributed by atoms with Crippen molar-refractivity contribution in [2.75, 3.05) is 43.3 Å². The molecule has 3 heterocycles. The van der Waals surface area contributed by atoms with Crippen LogP contribution >= 0.6 is 23.6 Å². The van der Waals surface area contributed by atoms with Gasteiger partial charge in [0.05, 0.1) is 34.4 Å². The van der Waals surface area contributed by atoms with E-state index in [1.807, 2.05) is 63.5 Å². The minimum atomic E-state index is -1.16. The zero-order valence-corrected chi connectivity index (χ0v) is 41.1. The second-order valence-corrected chi connectivity index (χ2v) is 19.3. The topological polar surface area (TPSA) is 176 Å². The van der Waals surface area contributed by atoms with E-state index in [4.69, 9.17) is 31.2 Å². The monoisotopic (exact) mass is 975 g/mol. The molecule has 18 heteroatoms. The van der Waals surface area contributed by atoms with E-state index in [2.05, 4.69) is 15.6 Å². The number of nitriles is 1. The number of carbonyl (C=O) groups is 4. The average molecular weight is 976 g/mol. The van der Waals surface area contributed by atoms with E-state index >= 15 is 4.39 Å². The van der Waals surface area contributed by atoms with Gasteiger partial charge in [-0.3, -0.25) is 24.1 Å². The molecular formula is C51H54FN7O8S2. The molecule has 2 atom stereocenters. The Morgan fingerprint density at radius 3 is 2.28 bits per heavy atom. The van der Waals surface area contributed by atoms with Crippen LogP contribution in [0.1, 0.15) is 64.3 Å². The Morgan fingerprint density at radius 1 is 0.957 bits per heavy atom. The van der Waals surface area contributed by atoms with Crippen molar-refractivity contribution in [3.05, 3.63) is 113 Å². The number of anilines is 2. The standard InChI is InChI=1S/C51H54FN7O8S2/c1-31-44(69-30-55-31)33-12-10-32(11-13-33)28-54-46(61)40-9-8-22-57(40)47(62)45(50(2,3)4)56-43(60)29-67-38-19-17-37(18-20-38)65-23-24-66-41-21-16-36(25-39(41)52)59-49(68)58(48(63)51(59,5)6)35-15-14-34(27-53)42(26-35)64-7/h10-21,25-26,30,40,45H,8-9,22-24,28-29H2,1-7H3,(H,54,61)(H,56,60)/t40-,45?/m0/s1. The van der Waals surface area contributed by atoms with Gasteiger partial charge in [0.1, 0.15) is 54.2 Å². The van der Waals surface area contributed by atoms with Crippen LogP contribution in [0.4, 0.5) is 15.8 Å². The Bertz CT molecular complexity index is 2770. The number of thiocarbonyl (C=S) groups is 1. The number of likely N-dealkylation sites (tertiary alicyclic amines) is 1. The van der Waals surface area contributed by atoms with Crippen molar-refractivity contribution >= 4 is 63.7 Å². The molecule has 2 fully saturated rings. The lowest BCUT2D eigenvalue weighted by Gasteiger charge is -2.35. The van der Waals surface area contributed by atoms with Crippen molar-refractivity contribution < 1.29 is 42.5 Å². The number of rotatable bonds is 17. The number of amides is 4. The number of methoxy groups -OCH3 is 1. The van der Waals surface area contributed by atoms with Crippen LogP contribution in [0.5, 0.6) is 23.0 Å². The van der Waals surface area contributed by atoms with Crippen LogP contribution in [0.25, 0.3) is 10.4 Å². The van der Waals surface area contributed by atoms with E-state index in [9.17, 15) is 24.4 Å². The number of benzene rings is 4. The van der Waals surface area contributed by atoms with Gasteiger partial charge in [-0.05, 0) is 111 Å². The lowest BCUT2D eigenvalue weighted by atomic mass is 9.85. The van der Waals surface area contributed by atoms with E-state index < -0.39 is 34.8 Å². The highest BCUT2D eigenvalue weighted by molar-refractivity contribution is 7.81. The molecule has 15 nitrogen and oxygen atoms in total. The van der Waals surface area contributed by atoms with Crippen LogP contribution in [0.3, 0.4) is 0 Å². The van der Waals surface area contributed by atoms with Crippen molar-refractivity contribution in [3.63, 3.8) is 0 Å². The van der Waals surface area contributed by atoms with E-state index in [1.165, 1.54) is 24.1 Å². The first-order valence-electron chi connectivity index (χ1n) is 22.3. The highest BCUT2D eigenvalue weighted by Crippen LogP contribution is 2.39. The number of aryl methyl sites for hydroxylation is 1. The first-order chi connectivity index (χ1) is 32.9. The van der Waals surface area contributed by atoms with Gasteiger partial charge in [-0.15, -0.1) is 11.3 Å². The fourth-order valence-corrected chi connectivity index (χ4v) is 9.52. The van der Waals surface area contributed by atoms with E-state index in [1.54, 1.807) is 83.5 Å². The summed E-state index contributed by atoms with van der Waals surface area (Å²) in [5, 5.41) is 15.4. The lowest BCUT2D eigenvalue weighted by Crippen LogP contribution is -2.58. The van der Waals surface area contributed by atoms with E-state index in [0.717, 1.165) is 21.7 Å². The zero-order chi connectivity index (χ0) is 49.6. The molecule has 0 saturated carbocycles. The molecule has 2 N–H and O–H groups in total. The molecule has 2 aliphatic heterocycles. The summed E-state index contributed by atoms with van der Waals surface area (Å²) in [6, 6.07) is 24.0. The van der Waals surface area contributed by atoms with Crippen LogP contribution in [0.15, 0.2) is 90.4 Å². The Hall–Kier alpha value is -7.10. The quantitative estimate of drug-likeness (QED) is 0.0687. The number of nitrogens with one attached hydrogen (secondary N) is 2. The largest absolute Gasteiger partial charge is 0.495 e. The number of aromatic nitrogens is 1. The van der Waals surface area contributed by atoms with Gasteiger partial charge < -0.3 is 39.4 Å². The number of halogens is 1. The molecule has 0 radical (unpaired) electrons. The first-order valence-corrected chi connectivity index (χ1v) is 23.6. The molecule has 0 spiro atoms. The molecule has 4 aromatic carbocycles. The van der Waals surface area contributed by atoms with Crippen LogP contribution in [0, 0.1) is 29.5 Å². The highest BCUT2D eigenvalue weighted by Gasteiger charge is 2.50. The Labute approximate surface area is 410 Å². The van der Waals surface area contributed by atoms with Gasteiger partial charge in [0.2, 0.25) is 11.8 Å². The van der Waals surface area contributed by atoms with Gasteiger partial charge >= 0.3 is 0 Å². The molecular weight excluding hydrogens is 922 g/mol. The highest BCUT2D eigenvalue weighted by atomic mass is 32.1. The van der Waals surface area contributed by atoms with Crippen molar-refractivity contribution in [2.45, 2.75) is 78.6 Å². The van der Waals surface area contributed by atoms with E-state index in [-0.39, 0.29) is 54.2 Å². The third kappa shape index (κ3) is 11.1. The van der Waals surface area contributed by atoms with Gasteiger partial charge in [-0.25, -0.2) is 9.37 Å². The number of hydrogen-bond donors (Lipinski definition) is 2. The molecule has 360 valence electrons. The van der Waals surface area contributed by atoms with Gasteiger partial charge in [0, 0.05) is 30.9 Å². The normalized spacial score (nSPS) is 15.9. The van der Waals surface area contributed by atoms with Gasteiger partial charge in [-0.2, -0.15) is 5.26 Å². The maximum atomic E-state index is 15.5. The Morgan fingerprint density at radius 2 is 1.64 bits per heavy atom. The molecule has 7 rings (SSSR count). The maximum absolute atomic E-state index is 15.5. The van der Waals surface area contributed by atoms with Crippen molar-refractivity contribution in [3.8, 4) is 39.5 Å². The first kappa shape index (κ1) is 49.8. The molecule has 2 aliphatic rings. The molecule has 0 bridgehead atoms. The number of hydrogen-bond acceptors (Lipinski definition) is 12. The van der Waals surface area contributed by atoms with Gasteiger partial charge in [0.15, 0.2) is 23.3 Å². The molecule has 2 saturated heterocycles. The predicted molar refractivity (Wildman–Crippen MR) is 264 cm³/mol.